The number of benzene rings is 1. The molecule has 3 N–H and O–H groups in total. The van der Waals surface area contributed by atoms with Crippen molar-refractivity contribution in [2.75, 3.05) is 25.2 Å². The molecule has 0 spiro atoms. The zero-order chi connectivity index (χ0) is 15.8. The summed E-state index contributed by atoms with van der Waals surface area (Å²) in [6, 6.07) is 7.24. The molecule has 1 aromatic carbocycles. The van der Waals surface area contributed by atoms with Gasteiger partial charge in [0.05, 0.1) is 23.4 Å². The Bertz CT molecular complexity index is 531. The van der Waals surface area contributed by atoms with Crippen LogP contribution in [0.3, 0.4) is 0 Å². The van der Waals surface area contributed by atoms with Crippen LogP contribution in [-0.4, -0.2) is 37.7 Å². The lowest BCUT2D eigenvalue weighted by atomic mass is 10.2. The van der Waals surface area contributed by atoms with E-state index in [2.05, 4.69) is 15.8 Å². The average molecular weight is 327 g/mol. The third kappa shape index (κ3) is 4.89. The van der Waals surface area contributed by atoms with Crippen molar-refractivity contribution in [2.45, 2.75) is 25.9 Å². The maximum Gasteiger partial charge on any atom is 0.423 e. The molecule has 7 heteroatoms. The predicted octanol–water partition coefficient (Wildman–Crippen LogP) is 0.478. The van der Waals surface area contributed by atoms with Crippen molar-refractivity contribution in [2.24, 2.45) is 0 Å². The number of hydrazine groups is 1. The van der Waals surface area contributed by atoms with Gasteiger partial charge in [-0.2, -0.15) is 5.43 Å². The van der Waals surface area contributed by atoms with Crippen LogP contribution in [0.25, 0.3) is 0 Å². The van der Waals surface area contributed by atoms with E-state index in [4.69, 9.17) is 21.1 Å². The Kier molecular flexibility index (Phi) is 6.48. The second-order valence-electron chi connectivity index (χ2n) is 4.84. The zero-order valence-electron chi connectivity index (χ0n) is 12.5. The summed E-state index contributed by atoms with van der Waals surface area (Å²) in [7, 11) is 0. The maximum atomic E-state index is 12.0. The van der Waals surface area contributed by atoms with E-state index < -0.39 is 5.97 Å². The fourth-order valence-corrected chi connectivity index (χ4v) is 2.27. The van der Waals surface area contributed by atoms with Gasteiger partial charge in [-0.1, -0.05) is 23.7 Å². The van der Waals surface area contributed by atoms with E-state index in [9.17, 15) is 4.79 Å². The standard InChI is InChI=1S/C15H20ClN3O3/c1-2-21-15(20)14(17-10-11-6-5-9-22-11)19-18-13-8-4-3-7-12(13)16/h3-4,7-8,11,18H,2,5-6,9-10H2,1H3,(H,17,19)/p+1/t11-/m0/s1. The van der Waals surface area contributed by atoms with Gasteiger partial charge in [-0.15, -0.1) is 0 Å². The topological polar surface area (TPSA) is 73.6 Å². The van der Waals surface area contributed by atoms with E-state index in [0.717, 1.165) is 19.4 Å². The molecule has 22 heavy (non-hydrogen) atoms. The van der Waals surface area contributed by atoms with Gasteiger partial charge in [0.2, 0.25) is 0 Å². The number of halogens is 1. The van der Waals surface area contributed by atoms with E-state index in [0.29, 0.717) is 23.9 Å². The molecule has 1 aliphatic rings. The number of carbonyl (C=O) groups is 1. The van der Waals surface area contributed by atoms with Crippen LogP contribution in [0.5, 0.6) is 0 Å². The van der Waals surface area contributed by atoms with Gasteiger partial charge in [0.25, 0.3) is 0 Å². The highest BCUT2D eigenvalue weighted by molar-refractivity contribution is 6.34. The lowest BCUT2D eigenvalue weighted by molar-refractivity contribution is -0.470. The first-order chi connectivity index (χ1) is 10.7. The number of amidine groups is 1. The number of nitrogens with one attached hydrogen (secondary N) is 3. The number of carbonyl (C=O) groups excluding carboxylic acids is 1. The molecule has 1 heterocycles. The lowest BCUT2D eigenvalue weighted by Gasteiger charge is -2.08. The molecule has 0 aromatic heterocycles. The molecule has 1 saturated heterocycles. The quantitative estimate of drug-likeness (QED) is 0.318. The van der Waals surface area contributed by atoms with Crippen LogP contribution in [-0.2, 0) is 14.3 Å². The summed E-state index contributed by atoms with van der Waals surface area (Å²) in [4.78, 5) is 15.0. The van der Waals surface area contributed by atoms with Gasteiger partial charge >= 0.3 is 11.8 Å². The average Bonchev–Trinajstić information content (AvgIpc) is 3.02. The Morgan fingerprint density at radius 3 is 3.00 bits per heavy atom. The molecule has 0 aliphatic carbocycles. The first-order valence-corrected chi connectivity index (χ1v) is 7.74. The summed E-state index contributed by atoms with van der Waals surface area (Å²) in [5.41, 5.74) is 6.40. The number of para-hydroxylation sites is 1. The molecular formula is C15H21ClN3O3+. The molecule has 0 saturated carbocycles. The minimum atomic E-state index is -0.458. The van der Waals surface area contributed by atoms with Crippen LogP contribution < -0.4 is 15.8 Å². The molecule has 0 bridgehead atoms. The van der Waals surface area contributed by atoms with Gasteiger partial charge < -0.3 is 9.47 Å². The van der Waals surface area contributed by atoms with E-state index in [1.165, 1.54) is 0 Å². The van der Waals surface area contributed by atoms with Crippen molar-refractivity contribution < 1.29 is 19.3 Å². The van der Waals surface area contributed by atoms with Gasteiger partial charge in [0.1, 0.15) is 6.54 Å². The Morgan fingerprint density at radius 2 is 2.32 bits per heavy atom. The summed E-state index contributed by atoms with van der Waals surface area (Å²) in [6.45, 7) is 3.38. The Balaban J connectivity index is 1.98. The van der Waals surface area contributed by atoms with Crippen LogP contribution in [0.2, 0.25) is 5.02 Å². The normalized spacial score (nSPS) is 18.1. The van der Waals surface area contributed by atoms with E-state index in [1.54, 1.807) is 19.1 Å². The number of ether oxygens (including phenoxy) is 2. The summed E-state index contributed by atoms with van der Waals surface area (Å²) < 4.78 is 10.6. The molecule has 1 fully saturated rings. The number of esters is 1. The van der Waals surface area contributed by atoms with Gasteiger partial charge in [0, 0.05) is 6.61 Å². The molecule has 1 aliphatic heterocycles. The zero-order valence-corrected chi connectivity index (χ0v) is 13.3. The van der Waals surface area contributed by atoms with Gasteiger partial charge in [-0.3, -0.25) is 4.99 Å². The van der Waals surface area contributed by atoms with E-state index >= 15 is 0 Å². The Hall–Kier alpha value is -1.79. The fraction of sp³-hybridized carbons (Fsp3) is 0.467. The van der Waals surface area contributed by atoms with Gasteiger partial charge in [0.15, 0.2) is 0 Å². The van der Waals surface area contributed by atoms with Crippen LogP contribution in [0.4, 0.5) is 5.69 Å². The van der Waals surface area contributed by atoms with Crippen molar-refractivity contribution >= 4 is 29.1 Å². The highest BCUT2D eigenvalue weighted by Gasteiger charge is 2.22. The molecule has 2 rings (SSSR count). The number of hydrogen-bond donors (Lipinski definition) is 3. The third-order valence-electron chi connectivity index (χ3n) is 3.21. The third-order valence-corrected chi connectivity index (χ3v) is 3.54. The van der Waals surface area contributed by atoms with Crippen molar-refractivity contribution in [1.82, 2.24) is 5.43 Å². The maximum absolute atomic E-state index is 12.0. The van der Waals surface area contributed by atoms with Crippen LogP contribution in [0.15, 0.2) is 24.3 Å². The van der Waals surface area contributed by atoms with Gasteiger partial charge in [-0.25, -0.2) is 10.2 Å². The smallest absolute Gasteiger partial charge is 0.423 e. The Morgan fingerprint density at radius 1 is 1.50 bits per heavy atom. The molecule has 6 nitrogen and oxygen atoms in total. The van der Waals surface area contributed by atoms with Crippen molar-refractivity contribution in [3.05, 3.63) is 29.3 Å². The molecular weight excluding hydrogens is 306 g/mol. The van der Waals surface area contributed by atoms with E-state index in [-0.39, 0.29) is 11.9 Å². The SMILES string of the molecule is CCOC(=O)C(NNc1ccccc1Cl)=[NH+]C[C@@H]1CCCO1. The van der Waals surface area contributed by atoms with Crippen molar-refractivity contribution in [3.63, 3.8) is 0 Å². The fourth-order valence-electron chi connectivity index (χ4n) is 2.08. The molecule has 1 atom stereocenters. The van der Waals surface area contributed by atoms with E-state index in [1.807, 2.05) is 12.1 Å². The molecule has 120 valence electrons. The summed E-state index contributed by atoms with van der Waals surface area (Å²) in [6.07, 6.45) is 2.15. The number of anilines is 1. The van der Waals surface area contributed by atoms with Crippen LogP contribution >= 0.6 is 11.6 Å². The highest BCUT2D eigenvalue weighted by atomic mass is 35.5. The van der Waals surface area contributed by atoms with Crippen molar-refractivity contribution in [3.8, 4) is 0 Å². The number of rotatable bonds is 5. The summed E-state index contributed by atoms with van der Waals surface area (Å²) in [5.74, 6) is -0.225. The Labute approximate surface area is 134 Å². The molecule has 1 aromatic rings. The second-order valence-corrected chi connectivity index (χ2v) is 5.25. The lowest BCUT2D eigenvalue weighted by Crippen LogP contribution is -2.80. The summed E-state index contributed by atoms with van der Waals surface area (Å²) in [5, 5.41) is 0.553. The van der Waals surface area contributed by atoms with Crippen molar-refractivity contribution in [1.29, 1.82) is 0 Å². The molecule has 0 unspecified atom stereocenters. The first kappa shape index (κ1) is 16.6. The second kappa shape index (κ2) is 8.60. The summed E-state index contributed by atoms with van der Waals surface area (Å²) >= 11 is 6.06. The molecule has 0 amide bonds. The number of hydrogen-bond acceptors (Lipinski definition) is 4. The largest absolute Gasteiger partial charge is 0.457 e. The predicted molar refractivity (Wildman–Crippen MR) is 84.7 cm³/mol. The highest BCUT2D eigenvalue weighted by Crippen LogP contribution is 2.19. The van der Waals surface area contributed by atoms with Crippen LogP contribution in [0.1, 0.15) is 19.8 Å². The van der Waals surface area contributed by atoms with Gasteiger partial charge in [-0.05, 0) is 31.9 Å². The monoisotopic (exact) mass is 326 g/mol. The minimum absolute atomic E-state index is 0.117. The minimum Gasteiger partial charge on any atom is -0.457 e. The van der Waals surface area contributed by atoms with Crippen LogP contribution in [0, 0.1) is 0 Å². The first-order valence-electron chi connectivity index (χ1n) is 7.36. The molecule has 0 radical (unpaired) electrons.